The molecule has 0 saturated heterocycles. The van der Waals surface area contributed by atoms with E-state index in [0.717, 1.165) is 36.2 Å². The third-order valence-electron chi connectivity index (χ3n) is 5.98. The summed E-state index contributed by atoms with van der Waals surface area (Å²) < 4.78 is 26.1. The lowest BCUT2D eigenvalue weighted by Crippen LogP contribution is -2.52. The predicted octanol–water partition coefficient (Wildman–Crippen LogP) is 4.89. The van der Waals surface area contributed by atoms with Gasteiger partial charge in [-0.2, -0.15) is 0 Å². The van der Waals surface area contributed by atoms with Crippen LogP contribution in [0.3, 0.4) is 0 Å². The first-order chi connectivity index (χ1) is 16.5. The fourth-order valence-electron chi connectivity index (χ4n) is 4.05. The maximum atomic E-state index is 13.5. The SMILES string of the molecule is C[C@H](C(=O)NC1CCCC1)N(Cc1ccc(Cl)c(Cl)c1)C(=O)CN(c1cccc(Cl)c1)S(C)(=O)=O. The molecule has 1 atom stereocenters. The lowest BCUT2D eigenvalue weighted by molar-refractivity contribution is -0.139. The zero-order chi connectivity index (χ0) is 25.8. The highest BCUT2D eigenvalue weighted by Crippen LogP contribution is 2.25. The maximum absolute atomic E-state index is 13.5. The maximum Gasteiger partial charge on any atom is 0.244 e. The van der Waals surface area contributed by atoms with E-state index in [1.54, 1.807) is 43.3 Å². The summed E-state index contributed by atoms with van der Waals surface area (Å²) in [7, 11) is -3.83. The summed E-state index contributed by atoms with van der Waals surface area (Å²) >= 11 is 18.2. The Balaban J connectivity index is 1.89. The van der Waals surface area contributed by atoms with Crippen LogP contribution in [0.15, 0.2) is 42.5 Å². The van der Waals surface area contributed by atoms with E-state index < -0.39 is 28.5 Å². The van der Waals surface area contributed by atoms with Gasteiger partial charge in [0.05, 0.1) is 22.0 Å². The molecule has 3 rings (SSSR count). The van der Waals surface area contributed by atoms with Crippen molar-refractivity contribution in [2.24, 2.45) is 0 Å². The van der Waals surface area contributed by atoms with Crippen LogP contribution in [0.5, 0.6) is 0 Å². The first-order valence-corrected chi connectivity index (χ1v) is 14.2. The van der Waals surface area contributed by atoms with Crippen LogP contribution in [0.25, 0.3) is 0 Å². The zero-order valence-electron chi connectivity index (χ0n) is 19.5. The van der Waals surface area contributed by atoms with E-state index in [0.29, 0.717) is 20.6 Å². The normalized spacial score (nSPS) is 15.0. The number of hydrogen-bond donors (Lipinski definition) is 1. The van der Waals surface area contributed by atoms with Crippen LogP contribution in [-0.4, -0.2) is 50.0 Å². The summed E-state index contributed by atoms with van der Waals surface area (Å²) in [6.45, 7) is 1.17. The van der Waals surface area contributed by atoms with E-state index in [4.69, 9.17) is 34.8 Å². The van der Waals surface area contributed by atoms with Gasteiger partial charge in [0, 0.05) is 17.6 Å². The number of hydrogen-bond acceptors (Lipinski definition) is 4. The van der Waals surface area contributed by atoms with Gasteiger partial charge in [0.25, 0.3) is 0 Å². The Morgan fingerprint density at radius 3 is 2.34 bits per heavy atom. The van der Waals surface area contributed by atoms with Crippen molar-refractivity contribution in [2.45, 2.75) is 51.2 Å². The standard InChI is InChI=1S/C24H28Cl3N3O4S/c1-16(24(32)28-19-7-3-4-8-19)29(14-17-10-11-21(26)22(27)12-17)23(31)15-30(35(2,33)34)20-9-5-6-18(25)13-20/h5-6,9-13,16,19H,3-4,7-8,14-15H2,1-2H3,(H,28,32)/t16-/m1/s1. The van der Waals surface area contributed by atoms with Crippen molar-refractivity contribution in [3.8, 4) is 0 Å². The number of nitrogens with one attached hydrogen (secondary N) is 1. The first-order valence-electron chi connectivity index (χ1n) is 11.2. The van der Waals surface area contributed by atoms with Crippen molar-refractivity contribution in [3.05, 3.63) is 63.1 Å². The van der Waals surface area contributed by atoms with Gasteiger partial charge in [-0.3, -0.25) is 13.9 Å². The molecule has 2 aromatic carbocycles. The van der Waals surface area contributed by atoms with E-state index in [-0.39, 0.29) is 24.2 Å². The van der Waals surface area contributed by atoms with E-state index in [1.807, 2.05) is 0 Å². The Kier molecular flexibility index (Phi) is 9.32. The molecular weight excluding hydrogens is 533 g/mol. The molecule has 0 radical (unpaired) electrons. The molecule has 1 aliphatic carbocycles. The van der Waals surface area contributed by atoms with Crippen molar-refractivity contribution in [1.82, 2.24) is 10.2 Å². The molecular formula is C24H28Cl3N3O4S. The predicted molar refractivity (Wildman–Crippen MR) is 141 cm³/mol. The lowest BCUT2D eigenvalue weighted by atomic mass is 10.1. The van der Waals surface area contributed by atoms with Crippen LogP contribution in [0.1, 0.15) is 38.2 Å². The number of sulfonamides is 1. The summed E-state index contributed by atoms with van der Waals surface area (Å²) in [4.78, 5) is 28.0. The first kappa shape index (κ1) is 27.6. The highest BCUT2D eigenvalue weighted by atomic mass is 35.5. The molecule has 1 N–H and O–H groups in total. The summed E-state index contributed by atoms with van der Waals surface area (Å²) in [6, 6.07) is 10.4. The van der Waals surface area contributed by atoms with Gasteiger partial charge in [0.1, 0.15) is 12.6 Å². The molecule has 0 aliphatic heterocycles. The average Bonchev–Trinajstić information content (AvgIpc) is 3.29. The fourth-order valence-corrected chi connectivity index (χ4v) is 5.40. The summed E-state index contributed by atoms with van der Waals surface area (Å²) in [5.74, 6) is -0.838. The summed E-state index contributed by atoms with van der Waals surface area (Å²) in [6.07, 6.45) is 4.91. The molecule has 11 heteroatoms. The van der Waals surface area contributed by atoms with Gasteiger partial charge in [-0.15, -0.1) is 0 Å². The van der Waals surface area contributed by atoms with Crippen molar-refractivity contribution in [2.75, 3.05) is 17.1 Å². The number of benzene rings is 2. The molecule has 7 nitrogen and oxygen atoms in total. The Labute approximate surface area is 221 Å². The Bertz CT molecular complexity index is 1190. The molecule has 35 heavy (non-hydrogen) atoms. The monoisotopic (exact) mass is 559 g/mol. The number of nitrogens with zero attached hydrogens (tertiary/aromatic N) is 2. The zero-order valence-corrected chi connectivity index (χ0v) is 22.6. The van der Waals surface area contributed by atoms with Crippen LogP contribution < -0.4 is 9.62 Å². The Morgan fingerprint density at radius 2 is 1.74 bits per heavy atom. The van der Waals surface area contributed by atoms with Crippen LogP contribution in [0.4, 0.5) is 5.69 Å². The van der Waals surface area contributed by atoms with Gasteiger partial charge in [-0.25, -0.2) is 8.42 Å². The summed E-state index contributed by atoms with van der Waals surface area (Å²) in [5, 5.41) is 4.03. The van der Waals surface area contributed by atoms with Crippen molar-refractivity contribution in [3.63, 3.8) is 0 Å². The minimum atomic E-state index is -3.83. The van der Waals surface area contributed by atoms with Crippen LogP contribution in [-0.2, 0) is 26.2 Å². The minimum Gasteiger partial charge on any atom is -0.352 e. The molecule has 0 unspecified atom stereocenters. The van der Waals surface area contributed by atoms with E-state index in [2.05, 4.69) is 5.32 Å². The van der Waals surface area contributed by atoms with Gasteiger partial charge in [0.2, 0.25) is 21.8 Å². The average molecular weight is 561 g/mol. The number of anilines is 1. The van der Waals surface area contributed by atoms with Gasteiger partial charge >= 0.3 is 0 Å². The largest absolute Gasteiger partial charge is 0.352 e. The van der Waals surface area contributed by atoms with Crippen molar-refractivity contribution >= 4 is 62.3 Å². The topological polar surface area (TPSA) is 86.8 Å². The second kappa shape index (κ2) is 11.8. The Hall–Kier alpha value is -2.00. The molecule has 190 valence electrons. The highest BCUT2D eigenvalue weighted by Gasteiger charge is 2.31. The van der Waals surface area contributed by atoms with Crippen LogP contribution >= 0.6 is 34.8 Å². The second-order valence-electron chi connectivity index (χ2n) is 8.69. The molecule has 0 heterocycles. The molecule has 0 aromatic heterocycles. The van der Waals surface area contributed by atoms with Crippen LogP contribution in [0.2, 0.25) is 15.1 Å². The number of amides is 2. The minimum absolute atomic E-state index is 0.0438. The molecule has 0 spiro atoms. The number of rotatable bonds is 9. The molecule has 1 aliphatic rings. The van der Waals surface area contributed by atoms with Gasteiger partial charge in [-0.1, -0.05) is 59.8 Å². The third kappa shape index (κ3) is 7.49. The number of halogens is 3. The van der Waals surface area contributed by atoms with E-state index in [1.165, 1.54) is 11.0 Å². The summed E-state index contributed by atoms with van der Waals surface area (Å²) in [5.41, 5.74) is 0.910. The molecule has 1 saturated carbocycles. The number of carbonyl (C=O) groups excluding carboxylic acids is 2. The lowest BCUT2D eigenvalue weighted by Gasteiger charge is -2.32. The van der Waals surface area contributed by atoms with E-state index >= 15 is 0 Å². The third-order valence-corrected chi connectivity index (χ3v) is 8.10. The van der Waals surface area contributed by atoms with Gasteiger partial charge in [-0.05, 0) is 55.7 Å². The number of carbonyl (C=O) groups is 2. The second-order valence-corrected chi connectivity index (χ2v) is 11.8. The van der Waals surface area contributed by atoms with Gasteiger partial charge in [0.15, 0.2) is 0 Å². The molecule has 0 bridgehead atoms. The van der Waals surface area contributed by atoms with E-state index in [9.17, 15) is 18.0 Å². The fraction of sp³-hybridized carbons (Fsp3) is 0.417. The van der Waals surface area contributed by atoms with Crippen molar-refractivity contribution in [1.29, 1.82) is 0 Å². The molecule has 2 amide bonds. The van der Waals surface area contributed by atoms with Crippen molar-refractivity contribution < 1.29 is 18.0 Å². The smallest absolute Gasteiger partial charge is 0.244 e. The Morgan fingerprint density at radius 1 is 1.06 bits per heavy atom. The quantitative estimate of drug-likeness (QED) is 0.473. The molecule has 1 fully saturated rings. The van der Waals surface area contributed by atoms with Gasteiger partial charge < -0.3 is 10.2 Å². The highest BCUT2D eigenvalue weighted by molar-refractivity contribution is 7.92. The van der Waals surface area contributed by atoms with Crippen LogP contribution in [0, 0.1) is 0 Å². The molecule has 2 aromatic rings.